The van der Waals surface area contributed by atoms with Gasteiger partial charge >= 0.3 is 0 Å². The van der Waals surface area contributed by atoms with E-state index in [-0.39, 0.29) is 11.0 Å². The molecule has 0 saturated heterocycles. The Balaban J connectivity index is 0. The van der Waals surface area contributed by atoms with Gasteiger partial charge in [-0.1, -0.05) is 17.6 Å². The average Bonchev–Trinajstić information content (AvgIpc) is 1.77. The first-order chi connectivity index (χ1) is 3.79. The Bertz CT molecular complexity index is 155. The van der Waals surface area contributed by atoms with E-state index < -0.39 is 0 Å². The Kier molecular flexibility index (Phi) is 5.70. The Morgan fingerprint density at radius 2 is 1.40 bits per heavy atom. The molecule has 0 aliphatic carbocycles. The van der Waals surface area contributed by atoms with E-state index in [0.717, 1.165) is 5.69 Å². The lowest BCUT2D eigenvalue weighted by Crippen LogP contribution is -1.99. The smallest absolute Gasteiger partial charge is 0.139 e. The fourth-order valence-corrected chi connectivity index (χ4v) is 0.566. The third kappa shape index (κ3) is 3.12. The number of rotatable bonds is 0. The number of benzene rings is 1. The van der Waals surface area contributed by atoms with Crippen molar-refractivity contribution in [1.29, 1.82) is 0 Å². The summed E-state index contributed by atoms with van der Waals surface area (Å²) in [5.41, 5.74) is 7.51. The van der Waals surface area contributed by atoms with E-state index in [1.54, 1.807) is 0 Å². The summed E-state index contributed by atoms with van der Waals surface area (Å²) in [5, 5.41) is 0. The van der Waals surface area contributed by atoms with Crippen LogP contribution < -0.4 is 11.2 Å². The van der Waals surface area contributed by atoms with Crippen LogP contribution >= 0.6 is 0 Å². The Morgan fingerprint density at radius 3 is 1.70 bits per heavy atom. The minimum absolute atomic E-state index is 0. The first-order valence-corrected chi connectivity index (χ1v) is 2.61. The predicted molar refractivity (Wildman–Crippen MR) is 46.3 cm³/mol. The maximum absolute atomic E-state index is 5.43. The molecule has 0 heterocycles. The molecule has 0 aliphatic heterocycles. The van der Waals surface area contributed by atoms with Gasteiger partial charge in [-0.2, -0.15) is 0 Å². The average molecular weight is 141 g/mol. The summed E-state index contributed by atoms with van der Waals surface area (Å²) in [6.45, 7) is 0. The van der Waals surface area contributed by atoms with E-state index in [4.69, 9.17) is 5.73 Å². The molecule has 6 N–H and O–H groups in total. The summed E-state index contributed by atoms with van der Waals surface area (Å²) in [6.07, 6.45) is 0. The molecule has 1 aromatic rings. The summed E-state index contributed by atoms with van der Waals surface area (Å²) in [5.74, 6) is 0. The van der Waals surface area contributed by atoms with Gasteiger partial charge in [0.1, 0.15) is 7.85 Å². The van der Waals surface area contributed by atoms with Crippen LogP contribution in [0.3, 0.4) is 0 Å². The molecule has 0 unspecified atom stereocenters. The summed E-state index contributed by atoms with van der Waals surface area (Å²) in [7, 11) is 2.04. The van der Waals surface area contributed by atoms with Gasteiger partial charge in [-0.3, -0.25) is 0 Å². The molecule has 10 heavy (non-hydrogen) atoms. The molecule has 1 aromatic carbocycles. The molecular weight excluding hydrogens is 129 g/mol. The molecule has 1 rings (SSSR count). The Labute approximate surface area is 60.9 Å². The van der Waals surface area contributed by atoms with E-state index in [0.29, 0.717) is 0 Å². The van der Waals surface area contributed by atoms with E-state index >= 15 is 0 Å². The van der Waals surface area contributed by atoms with Crippen LogP contribution in [0.15, 0.2) is 24.3 Å². The lowest BCUT2D eigenvalue weighted by Gasteiger charge is -1.90. The maximum Gasteiger partial charge on any atom is 0.139 e. The Morgan fingerprint density at radius 1 is 1.00 bits per heavy atom. The molecule has 0 amide bonds. The van der Waals surface area contributed by atoms with Gasteiger partial charge in [0.05, 0.1) is 0 Å². The maximum atomic E-state index is 5.43. The second kappa shape index (κ2) is 4.84. The summed E-state index contributed by atoms with van der Waals surface area (Å²) in [4.78, 5) is 0. The second-order valence-electron chi connectivity index (χ2n) is 1.91. The largest absolute Gasteiger partial charge is 0.412 e. The van der Waals surface area contributed by atoms with Crippen molar-refractivity contribution in [3.63, 3.8) is 0 Å². The fourth-order valence-electron chi connectivity index (χ4n) is 0.566. The van der Waals surface area contributed by atoms with Crippen LogP contribution in [-0.2, 0) is 0 Å². The van der Waals surface area contributed by atoms with Gasteiger partial charge in [0, 0.05) is 5.69 Å². The van der Waals surface area contributed by atoms with Gasteiger partial charge < -0.3 is 16.7 Å². The van der Waals surface area contributed by atoms with Gasteiger partial charge in [0.25, 0.3) is 0 Å². The van der Waals surface area contributed by atoms with Crippen LogP contribution in [0.25, 0.3) is 0 Å². The Hall–Kier alpha value is -0.995. The van der Waals surface area contributed by atoms with Crippen molar-refractivity contribution in [3.05, 3.63) is 24.3 Å². The van der Waals surface area contributed by atoms with Crippen molar-refractivity contribution in [2.45, 2.75) is 0 Å². The quantitative estimate of drug-likeness (QED) is 0.324. The van der Waals surface area contributed by atoms with Gasteiger partial charge in [0.15, 0.2) is 0 Å². The molecule has 0 bridgehead atoms. The summed E-state index contributed by atoms with van der Waals surface area (Å²) in [6, 6.07) is 7.79. The normalized spacial score (nSPS) is 7.20. The van der Waals surface area contributed by atoms with Gasteiger partial charge in [0.2, 0.25) is 0 Å². The molecule has 56 valence electrons. The van der Waals surface area contributed by atoms with Gasteiger partial charge in [-0.05, 0) is 12.1 Å². The van der Waals surface area contributed by atoms with Crippen LogP contribution in [0.1, 0.15) is 0 Å². The summed E-state index contributed by atoms with van der Waals surface area (Å²) >= 11 is 0. The van der Waals surface area contributed by atoms with E-state index in [2.05, 4.69) is 0 Å². The lowest BCUT2D eigenvalue weighted by molar-refractivity contribution is 0.823. The fraction of sp³-hybridized carbons (Fsp3) is 0. The van der Waals surface area contributed by atoms with Crippen LogP contribution in [0.5, 0.6) is 0 Å². The standard InChI is InChI=1S/C6H8BN.2H2O/c7-5-1-3-6(8)4-2-5;;/h1-4H,7-8H2;2*1H2. The monoisotopic (exact) mass is 141 g/mol. The number of nitrogen functional groups attached to an aromatic ring is 1. The minimum Gasteiger partial charge on any atom is -0.412 e. The molecular formula is C6H12BNO2. The lowest BCUT2D eigenvalue weighted by atomic mass is 9.96. The van der Waals surface area contributed by atoms with Gasteiger partial charge in [-0.25, -0.2) is 0 Å². The van der Waals surface area contributed by atoms with Crippen molar-refractivity contribution in [1.82, 2.24) is 0 Å². The number of hydrogen-bond donors (Lipinski definition) is 1. The third-order valence-electron chi connectivity index (χ3n) is 1.08. The summed E-state index contributed by atoms with van der Waals surface area (Å²) < 4.78 is 0. The SMILES string of the molecule is Bc1ccc(N)cc1.O.O. The predicted octanol–water partition coefficient (Wildman–Crippen LogP) is -2.12. The minimum atomic E-state index is 0. The van der Waals surface area contributed by atoms with Crippen molar-refractivity contribution < 1.29 is 11.0 Å². The van der Waals surface area contributed by atoms with E-state index in [1.165, 1.54) is 5.46 Å². The zero-order valence-electron chi connectivity index (χ0n) is 5.89. The van der Waals surface area contributed by atoms with Crippen molar-refractivity contribution in [2.24, 2.45) is 0 Å². The number of nitrogens with two attached hydrogens (primary N) is 1. The zero-order valence-corrected chi connectivity index (χ0v) is 5.89. The van der Waals surface area contributed by atoms with Crippen LogP contribution in [-0.4, -0.2) is 18.8 Å². The highest BCUT2D eigenvalue weighted by Crippen LogP contribution is 1.93. The van der Waals surface area contributed by atoms with E-state index in [9.17, 15) is 0 Å². The van der Waals surface area contributed by atoms with Gasteiger partial charge in [-0.15, -0.1) is 0 Å². The third-order valence-corrected chi connectivity index (χ3v) is 1.08. The van der Waals surface area contributed by atoms with Crippen LogP contribution in [0.4, 0.5) is 5.69 Å². The molecule has 4 heteroatoms. The van der Waals surface area contributed by atoms with Crippen molar-refractivity contribution in [2.75, 3.05) is 5.73 Å². The number of hydrogen-bond acceptors (Lipinski definition) is 1. The highest BCUT2D eigenvalue weighted by atomic mass is 16.0. The van der Waals surface area contributed by atoms with Crippen LogP contribution in [0.2, 0.25) is 0 Å². The highest BCUT2D eigenvalue weighted by Gasteiger charge is 1.80. The molecule has 0 radical (unpaired) electrons. The molecule has 0 aromatic heterocycles. The van der Waals surface area contributed by atoms with Crippen LogP contribution in [0, 0.1) is 0 Å². The van der Waals surface area contributed by atoms with Crippen molar-refractivity contribution in [3.8, 4) is 0 Å². The molecule has 0 spiro atoms. The first kappa shape index (κ1) is 11.8. The first-order valence-electron chi connectivity index (χ1n) is 2.61. The number of anilines is 1. The highest BCUT2D eigenvalue weighted by molar-refractivity contribution is 6.32. The van der Waals surface area contributed by atoms with Crippen molar-refractivity contribution >= 4 is 19.0 Å². The van der Waals surface area contributed by atoms with E-state index in [1.807, 2.05) is 32.1 Å². The zero-order chi connectivity index (χ0) is 5.98. The molecule has 0 atom stereocenters. The molecule has 0 saturated carbocycles. The molecule has 0 aliphatic rings. The topological polar surface area (TPSA) is 89.0 Å². The molecule has 0 fully saturated rings. The second-order valence-corrected chi connectivity index (χ2v) is 1.91. The molecule has 3 nitrogen and oxygen atoms in total.